The Hall–Kier alpha value is -1.19. The van der Waals surface area contributed by atoms with Crippen molar-refractivity contribution in [3.63, 3.8) is 0 Å². The molecule has 1 aromatic rings. The molecule has 1 aromatic carbocycles. The fraction of sp³-hybridized carbons (Fsp3) is 0.500. The van der Waals surface area contributed by atoms with E-state index >= 15 is 0 Å². The van der Waals surface area contributed by atoms with E-state index in [4.69, 9.17) is 0 Å². The number of ether oxygens (including phenoxy) is 1. The monoisotopic (exact) mass is 327 g/mol. The highest BCUT2D eigenvalue weighted by molar-refractivity contribution is 7.89. The molecule has 4 nitrogen and oxygen atoms in total. The zero-order chi connectivity index (χ0) is 15.7. The van der Waals surface area contributed by atoms with E-state index in [9.17, 15) is 26.0 Å². The number of rotatable bonds is 3. The molecule has 0 unspecified atom stereocenters. The van der Waals surface area contributed by atoms with Crippen LogP contribution in [0.2, 0.25) is 0 Å². The van der Waals surface area contributed by atoms with Crippen molar-refractivity contribution in [1.82, 2.24) is 4.31 Å². The first kappa shape index (κ1) is 16.2. The third-order valence-electron chi connectivity index (χ3n) is 2.98. The molecule has 1 aliphatic rings. The van der Waals surface area contributed by atoms with Crippen molar-refractivity contribution in [1.29, 1.82) is 0 Å². The van der Waals surface area contributed by atoms with Crippen LogP contribution in [0.15, 0.2) is 29.2 Å². The number of alkyl halides is 4. The lowest BCUT2D eigenvalue weighted by atomic mass is 10.2. The van der Waals surface area contributed by atoms with Gasteiger partial charge in [0.15, 0.2) is 0 Å². The van der Waals surface area contributed by atoms with Gasteiger partial charge in [-0.05, 0) is 12.1 Å². The number of nitrogens with zero attached hydrogens (tertiary/aromatic N) is 1. The van der Waals surface area contributed by atoms with Crippen LogP contribution >= 0.6 is 0 Å². The van der Waals surface area contributed by atoms with Crippen LogP contribution in [-0.2, 0) is 14.8 Å². The van der Waals surface area contributed by atoms with Crippen molar-refractivity contribution in [3.8, 4) is 0 Å². The van der Waals surface area contributed by atoms with E-state index in [1.807, 2.05) is 0 Å². The highest BCUT2D eigenvalue weighted by Gasteiger charge is 2.39. The number of hydrogen-bond acceptors (Lipinski definition) is 3. The summed E-state index contributed by atoms with van der Waals surface area (Å²) in [5.74, 6) is -3.29. The highest BCUT2D eigenvalue weighted by Crippen LogP contribution is 2.26. The first-order valence-electron chi connectivity index (χ1n) is 6.06. The molecule has 118 valence electrons. The average molecular weight is 327 g/mol. The van der Waals surface area contributed by atoms with Crippen LogP contribution in [0.25, 0.3) is 0 Å². The maximum atomic E-state index is 13.4. The Labute approximate surface area is 119 Å². The van der Waals surface area contributed by atoms with Gasteiger partial charge in [0.05, 0.1) is 18.0 Å². The number of halogens is 4. The molecule has 0 aliphatic carbocycles. The van der Waals surface area contributed by atoms with Crippen LogP contribution in [-0.4, -0.2) is 44.9 Å². The first-order chi connectivity index (χ1) is 9.72. The van der Waals surface area contributed by atoms with Gasteiger partial charge in [-0.3, -0.25) is 0 Å². The van der Waals surface area contributed by atoms with Gasteiger partial charge in [-0.2, -0.15) is 4.31 Å². The zero-order valence-corrected chi connectivity index (χ0v) is 11.6. The summed E-state index contributed by atoms with van der Waals surface area (Å²) in [5, 5.41) is 0. The van der Waals surface area contributed by atoms with Crippen LogP contribution in [0.1, 0.15) is 12.0 Å². The van der Waals surface area contributed by atoms with E-state index in [-0.39, 0.29) is 23.6 Å². The van der Waals surface area contributed by atoms with E-state index in [1.54, 1.807) is 0 Å². The average Bonchev–Trinajstić information content (AvgIpc) is 2.60. The molecule has 1 heterocycles. The van der Waals surface area contributed by atoms with E-state index in [2.05, 4.69) is 4.74 Å². The molecule has 1 saturated heterocycles. The second-order valence-corrected chi connectivity index (χ2v) is 6.55. The molecule has 1 fully saturated rings. The maximum absolute atomic E-state index is 13.4. The second kappa shape index (κ2) is 5.90. The third kappa shape index (κ3) is 3.72. The summed E-state index contributed by atoms with van der Waals surface area (Å²) in [6.45, 7) is -2.20. The van der Waals surface area contributed by atoms with E-state index in [0.29, 0.717) is 4.31 Å². The minimum atomic E-state index is -4.17. The molecule has 0 N–H and O–H groups in total. The van der Waals surface area contributed by atoms with E-state index in [0.717, 1.165) is 24.3 Å². The van der Waals surface area contributed by atoms with Crippen molar-refractivity contribution in [3.05, 3.63) is 29.8 Å². The largest absolute Gasteiger partial charge is 0.374 e. The summed E-state index contributed by atoms with van der Waals surface area (Å²) in [5.41, 5.74) is -0.335. The van der Waals surface area contributed by atoms with Crippen molar-refractivity contribution >= 4 is 10.0 Å². The molecule has 0 amide bonds. The molecule has 0 spiro atoms. The summed E-state index contributed by atoms with van der Waals surface area (Å²) in [6, 6.07) is 3.90. The van der Waals surface area contributed by atoms with Crippen molar-refractivity contribution < 1.29 is 30.7 Å². The topological polar surface area (TPSA) is 46.6 Å². The Bertz CT molecular complexity index is 589. The summed E-state index contributed by atoms with van der Waals surface area (Å²) in [6.07, 6.45) is -2.72. The number of hydrogen-bond donors (Lipinski definition) is 0. The fourth-order valence-corrected chi connectivity index (χ4v) is 3.36. The second-order valence-electron chi connectivity index (χ2n) is 4.62. The molecule has 0 bridgehead atoms. The van der Waals surface area contributed by atoms with Gasteiger partial charge in [0.2, 0.25) is 10.0 Å². The van der Waals surface area contributed by atoms with Crippen LogP contribution in [0, 0.1) is 0 Å². The maximum Gasteiger partial charge on any atom is 0.284 e. The predicted molar refractivity (Wildman–Crippen MR) is 65.9 cm³/mol. The lowest BCUT2D eigenvalue weighted by Gasteiger charge is -2.22. The van der Waals surface area contributed by atoms with Gasteiger partial charge in [0.1, 0.15) is 6.61 Å². The number of benzene rings is 1. The van der Waals surface area contributed by atoms with Crippen molar-refractivity contribution in [2.75, 3.05) is 26.3 Å². The van der Waals surface area contributed by atoms with Crippen LogP contribution in [0.4, 0.5) is 17.6 Å². The molecule has 0 radical (unpaired) electrons. The molecule has 2 rings (SSSR count). The minimum absolute atomic E-state index is 0.149. The SMILES string of the molecule is O=S(=O)(c1ccc(C(F)F)cc1)N1CCOCC(F)(F)C1. The molecular weight excluding hydrogens is 314 g/mol. The molecule has 0 aromatic heterocycles. The molecule has 0 saturated carbocycles. The standard InChI is InChI=1S/C12H13F4NO3S/c13-11(14)9-1-3-10(4-2-9)21(18,19)17-5-6-20-8-12(15,16)7-17/h1-4,11H,5-8H2. The smallest absolute Gasteiger partial charge is 0.284 e. The molecule has 0 atom stereocenters. The summed E-state index contributed by atoms with van der Waals surface area (Å²) >= 11 is 0. The molecule has 9 heteroatoms. The summed E-state index contributed by atoms with van der Waals surface area (Å²) in [4.78, 5) is -0.301. The summed E-state index contributed by atoms with van der Waals surface area (Å²) < 4.78 is 81.5. The Balaban J connectivity index is 2.28. The van der Waals surface area contributed by atoms with Gasteiger partial charge < -0.3 is 4.74 Å². The first-order valence-corrected chi connectivity index (χ1v) is 7.50. The predicted octanol–water partition coefficient (Wildman–Crippen LogP) is 2.28. The lowest BCUT2D eigenvalue weighted by molar-refractivity contribution is -0.0630. The minimum Gasteiger partial charge on any atom is -0.374 e. The summed E-state index contributed by atoms with van der Waals surface area (Å²) in [7, 11) is -4.17. The van der Waals surface area contributed by atoms with Crippen molar-refractivity contribution in [2.45, 2.75) is 17.2 Å². The normalized spacial score (nSPS) is 20.4. The van der Waals surface area contributed by atoms with Crippen LogP contribution in [0.5, 0.6) is 0 Å². The van der Waals surface area contributed by atoms with Gasteiger partial charge >= 0.3 is 0 Å². The van der Waals surface area contributed by atoms with Gasteiger partial charge in [0, 0.05) is 12.1 Å². The molecule has 1 aliphatic heterocycles. The quantitative estimate of drug-likeness (QED) is 0.800. The van der Waals surface area contributed by atoms with E-state index < -0.39 is 35.5 Å². The highest BCUT2D eigenvalue weighted by atomic mass is 32.2. The fourth-order valence-electron chi connectivity index (χ4n) is 1.91. The van der Waals surface area contributed by atoms with Crippen LogP contribution in [0.3, 0.4) is 0 Å². The molecule has 21 heavy (non-hydrogen) atoms. The third-order valence-corrected chi connectivity index (χ3v) is 4.84. The lowest BCUT2D eigenvalue weighted by Crippen LogP contribution is -2.41. The molecular formula is C12H13F4NO3S. The Morgan fingerprint density at radius 3 is 2.38 bits per heavy atom. The van der Waals surface area contributed by atoms with Gasteiger partial charge in [-0.25, -0.2) is 26.0 Å². The Kier molecular flexibility index (Phi) is 4.54. The van der Waals surface area contributed by atoms with Gasteiger partial charge in [0.25, 0.3) is 12.3 Å². The van der Waals surface area contributed by atoms with E-state index in [1.165, 1.54) is 0 Å². The Morgan fingerprint density at radius 1 is 1.19 bits per heavy atom. The van der Waals surface area contributed by atoms with Gasteiger partial charge in [-0.1, -0.05) is 12.1 Å². The van der Waals surface area contributed by atoms with Gasteiger partial charge in [-0.15, -0.1) is 0 Å². The number of sulfonamides is 1. The zero-order valence-electron chi connectivity index (χ0n) is 10.8. The Morgan fingerprint density at radius 2 is 1.81 bits per heavy atom. The van der Waals surface area contributed by atoms with Crippen molar-refractivity contribution in [2.24, 2.45) is 0 Å². The van der Waals surface area contributed by atoms with Crippen LogP contribution < -0.4 is 0 Å².